The van der Waals surface area contributed by atoms with E-state index in [1.807, 2.05) is 50.3 Å². The first-order chi connectivity index (χ1) is 7.20. The molecule has 1 unspecified atom stereocenters. The summed E-state index contributed by atoms with van der Waals surface area (Å²) in [4.78, 5) is 11.4. The fraction of sp³-hybridized carbons (Fsp3) is 0.308. The van der Waals surface area contributed by atoms with Crippen LogP contribution in [0.1, 0.15) is 19.4 Å². The number of benzene rings is 1. The van der Waals surface area contributed by atoms with Crippen LogP contribution in [0.5, 0.6) is 0 Å². The molecule has 0 amide bonds. The first kappa shape index (κ1) is 11.5. The van der Waals surface area contributed by atoms with Crippen molar-refractivity contribution in [2.45, 2.75) is 13.8 Å². The number of allylic oxidation sites excluding steroid dienone is 1. The molecule has 0 N–H and O–H groups in total. The highest BCUT2D eigenvalue weighted by atomic mass is 16.5. The number of methoxy groups -OCH3 is 1. The summed E-state index contributed by atoms with van der Waals surface area (Å²) in [7, 11) is 1.41. The molecule has 0 aliphatic carbocycles. The number of rotatable bonds is 3. The first-order valence-electron chi connectivity index (χ1n) is 5.00. The van der Waals surface area contributed by atoms with Gasteiger partial charge in [-0.3, -0.25) is 4.79 Å². The van der Waals surface area contributed by atoms with Gasteiger partial charge in [0.2, 0.25) is 0 Å². The van der Waals surface area contributed by atoms with Gasteiger partial charge < -0.3 is 4.74 Å². The molecule has 0 bridgehead atoms. The molecular weight excluding hydrogens is 188 g/mol. The molecule has 2 nitrogen and oxygen atoms in total. The van der Waals surface area contributed by atoms with Gasteiger partial charge in [-0.05, 0) is 25.0 Å². The summed E-state index contributed by atoms with van der Waals surface area (Å²) in [5, 5.41) is 0. The van der Waals surface area contributed by atoms with Crippen LogP contribution in [0.2, 0.25) is 0 Å². The highest BCUT2D eigenvalue weighted by Gasteiger charge is 2.18. The average Bonchev–Trinajstić information content (AvgIpc) is 2.30. The zero-order chi connectivity index (χ0) is 11.3. The van der Waals surface area contributed by atoms with Crippen LogP contribution in [0.25, 0.3) is 5.57 Å². The molecule has 2 heteroatoms. The van der Waals surface area contributed by atoms with Crippen molar-refractivity contribution in [3.8, 4) is 0 Å². The number of carbonyl (C=O) groups excluding carboxylic acids is 1. The summed E-state index contributed by atoms with van der Waals surface area (Å²) < 4.78 is 4.74. The van der Waals surface area contributed by atoms with Gasteiger partial charge in [0.1, 0.15) is 0 Å². The molecule has 0 heterocycles. The van der Waals surface area contributed by atoms with Gasteiger partial charge in [-0.2, -0.15) is 0 Å². The van der Waals surface area contributed by atoms with Crippen LogP contribution in [0, 0.1) is 5.92 Å². The summed E-state index contributed by atoms with van der Waals surface area (Å²) in [6.07, 6.45) is 1.96. The number of hydrogen-bond donors (Lipinski definition) is 0. The van der Waals surface area contributed by atoms with Gasteiger partial charge in [0.15, 0.2) is 0 Å². The van der Waals surface area contributed by atoms with Gasteiger partial charge in [-0.15, -0.1) is 0 Å². The Morgan fingerprint density at radius 1 is 1.33 bits per heavy atom. The van der Waals surface area contributed by atoms with Crippen molar-refractivity contribution in [1.82, 2.24) is 0 Å². The van der Waals surface area contributed by atoms with E-state index >= 15 is 0 Å². The van der Waals surface area contributed by atoms with Crippen LogP contribution < -0.4 is 0 Å². The monoisotopic (exact) mass is 204 g/mol. The van der Waals surface area contributed by atoms with Crippen LogP contribution in [0.4, 0.5) is 0 Å². The molecule has 1 aromatic rings. The van der Waals surface area contributed by atoms with E-state index in [9.17, 15) is 4.79 Å². The Kier molecular flexibility index (Phi) is 4.10. The molecule has 0 aliphatic heterocycles. The predicted octanol–water partition coefficient (Wildman–Crippen LogP) is 2.90. The lowest BCUT2D eigenvalue weighted by atomic mass is 9.94. The summed E-state index contributed by atoms with van der Waals surface area (Å²) in [6.45, 7) is 3.79. The van der Waals surface area contributed by atoms with Crippen LogP contribution in [0.3, 0.4) is 0 Å². The third kappa shape index (κ3) is 2.69. The molecule has 0 saturated heterocycles. The second-order valence-corrected chi connectivity index (χ2v) is 3.35. The van der Waals surface area contributed by atoms with Gasteiger partial charge >= 0.3 is 5.97 Å². The lowest BCUT2D eigenvalue weighted by Crippen LogP contribution is -2.14. The van der Waals surface area contributed by atoms with Gasteiger partial charge in [-0.1, -0.05) is 36.4 Å². The zero-order valence-electron chi connectivity index (χ0n) is 9.36. The molecule has 1 aromatic carbocycles. The number of esters is 1. The van der Waals surface area contributed by atoms with E-state index in [-0.39, 0.29) is 11.9 Å². The smallest absolute Gasteiger partial charge is 0.312 e. The topological polar surface area (TPSA) is 26.3 Å². The Morgan fingerprint density at radius 3 is 2.40 bits per heavy atom. The van der Waals surface area contributed by atoms with Gasteiger partial charge in [-0.25, -0.2) is 0 Å². The molecular formula is C13H16O2. The van der Waals surface area contributed by atoms with E-state index in [2.05, 4.69) is 0 Å². The van der Waals surface area contributed by atoms with Gasteiger partial charge in [0.25, 0.3) is 0 Å². The molecule has 80 valence electrons. The van der Waals surface area contributed by atoms with Gasteiger partial charge in [0.05, 0.1) is 13.0 Å². The molecule has 0 aliphatic rings. The quantitative estimate of drug-likeness (QED) is 0.708. The molecule has 0 spiro atoms. The Labute approximate surface area is 90.6 Å². The summed E-state index contributed by atoms with van der Waals surface area (Å²) >= 11 is 0. The van der Waals surface area contributed by atoms with E-state index in [4.69, 9.17) is 4.74 Å². The Bertz CT molecular complexity index is 352. The average molecular weight is 204 g/mol. The van der Waals surface area contributed by atoms with Crippen molar-refractivity contribution in [2.75, 3.05) is 7.11 Å². The fourth-order valence-corrected chi connectivity index (χ4v) is 1.60. The van der Waals surface area contributed by atoms with Gasteiger partial charge in [0, 0.05) is 0 Å². The van der Waals surface area contributed by atoms with E-state index in [1.54, 1.807) is 0 Å². The maximum atomic E-state index is 11.4. The van der Waals surface area contributed by atoms with Crippen molar-refractivity contribution in [3.05, 3.63) is 42.0 Å². The van der Waals surface area contributed by atoms with Crippen molar-refractivity contribution < 1.29 is 9.53 Å². The first-order valence-corrected chi connectivity index (χ1v) is 5.00. The molecule has 0 fully saturated rings. The van der Waals surface area contributed by atoms with Crippen LogP contribution >= 0.6 is 0 Å². The molecule has 0 radical (unpaired) electrons. The summed E-state index contributed by atoms with van der Waals surface area (Å²) in [5.74, 6) is -0.422. The zero-order valence-corrected chi connectivity index (χ0v) is 9.36. The highest BCUT2D eigenvalue weighted by molar-refractivity contribution is 5.87. The molecule has 1 atom stereocenters. The predicted molar refractivity (Wildman–Crippen MR) is 61.3 cm³/mol. The summed E-state index contributed by atoms with van der Waals surface area (Å²) in [6, 6.07) is 9.87. The van der Waals surface area contributed by atoms with Crippen LogP contribution in [-0.2, 0) is 9.53 Å². The molecule has 0 aromatic heterocycles. The van der Waals surface area contributed by atoms with Crippen LogP contribution in [0.15, 0.2) is 36.4 Å². The maximum absolute atomic E-state index is 11.4. The second kappa shape index (κ2) is 5.35. The van der Waals surface area contributed by atoms with Crippen molar-refractivity contribution in [1.29, 1.82) is 0 Å². The normalized spacial score (nSPS) is 13.4. The third-order valence-electron chi connectivity index (χ3n) is 2.44. The van der Waals surface area contributed by atoms with E-state index in [0.29, 0.717) is 0 Å². The van der Waals surface area contributed by atoms with Crippen molar-refractivity contribution in [2.24, 2.45) is 5.92 Å². The largest absolute Gasteiger partial charge is 0.469 e. The minimum Gasteiger partial charge on any atom is -0.469 e. The third-order valence-corrected chi connectivity index (χ3v) is 2.44. The van der Waals surface area contributed by atoms with Crippen molar-refractivity contribution in [3.63, 3.8) is 0 Å². The minimum atomic E-state index is -0.220. The van der Waals surface area contributed by atoms with E-state index in [0.717, 1.165) is 11.1 Å². The Balaban J connectivity index is 2.96. The fourth-order valence-electron chi connectivity index (χ4n) is 1.60. The van der Waals surface area contributed by atoms with Crippen LogP contribution in [-0.4, -0.2) is 13.1 Å². The SMILES string of the molecule is CC=C(c1ccccc1)C(C)C(=O)OC. The lowest BCUT2D eigenvalue weighted by molar-refractivity contribution is -0.142. The number of carbonyl (C=O) groups is 1. The summed E-state index contributed by atoms with van der Waals surface area (Å²) in [5.41, 5.74) is 2.07. The van der Waals surface area contributed by atoms with E-state index < -0.39 is 0 Å². The number of hydrogen-bond acceptors (Lipinski definition) is 2. The highest BCUT2D eigenvalue weighted by Crippen LogP contribution is 2.23. The molecule has 1 rings (SSSR count). The minimum absolute atomic E-state index is 0.202. The number of ether oxygens (including phenoxy) is 1. The Hall–Kier alpha value is -1.57. The van der Waals surface area contributed by atoms with Crippen molar-refractivity contribution >= 4 is 11.5 Å². The lowest BCUT2D eigenvalue weighted by Gasteiger charge is -2.13. The Morgan fingerprint density at radius 2 is 1.93 bits per heavy atom. The van der Waals surface area contributed by atoms with E-state index in [1.165, 1.54) is 7.11 Å². The maximum Gasteiger partial charge on any atom is 0.312 e. The second-order valence-electron chi connectivity index (χ2n) is 3.35. The molecule has 0 saturated carbocycles. The molecule has 15 heavy (non-hydrogen) atoms. The standard InChI is InChI=1S/C13H16O2/c1-4-12(10(2)13(14)15-3)11-8-6-5-7-9-11/h4-10H,1-3H3.